The molecule has 0 atom stereocenters. The Balaban J connectivity index is 2.67. The molecular formula is C10H8BrNO3. The maximum atomic E-state index is 11.4. The third kappa shape index (κ3) is 1.63. The summed E-state index contributed by atoms with van der Waals surface area (Å²) >= 11 is 3.09. The van der Waals surface area contributed by atoms with Gasteiger partial charge in [-0.3, -0.25) is 9.36 Å². The van der Waals surface area contributed by atoms with Gasteiger partial charge in [-0.25, -0.2) is 4.79 Å². The van der Waals surface area contributed by atoms with E-state index < -0.39 is 5.76 Å². The Morgan fingerprint density at radius 1 is 1.53 bits per heavy atom. The van der Waals surface area contributed by atoms with Crippen molar-refractivity contribution in [2.75, 3.05) is 5.33 Å². The van der Waals surface area contributed by atoms with Gasteiger partial charge in [-0.2, -0.15) is 0 Å². The van der Waals surface area contributed by atoms with Gasteiger partial charge in [0.05, 0.1) is 10.8 Å². The zero-order valence-corrected chi connectivity index (χ0v) is 9.58. The minimum Gasteiger partial charge on any atom is -0.408 e. The SMILES string of the molecule is Cn1c(=O)oc2cc(C(=O)CBr)ccc21. The molecule has 0 N–H and O–H groups in total. The highest BCUT2D eigenvalue weighted by molar-refractivity contribution is 9.09. The molecule has 1 aromatic carbocycles. The molecule has 15 heavy (non-hydrogen) atoms. The Hall–Kier alpha value is -1.36. The number of benzene rings is 1. The number of carbonyl (C=O) groups is 1. The van der Waals surface area contributed by atoms with E-state index in [9.17, 15) is 9.59 Å². The van der Waals surface area contributed by atoms with Crippen LogP contribution < -0.4 is 5.76 Å². The molecule has 0 amide bonds. The first-order valence-electron chi connectivity index (χ1n) is 4.32. The summed E-state index contributed by atoms with van der Waals surface area (Å²) in [5.41, 5.74) is 1.66. The summed E-state index contributed by atoms with van der Waals surface area (Å²) in [7, 11) is 1.63. The normalized spacial score (nSPS) is 10.8. The molecule has 0 saturated heterocycles. The molecule has 0 fully saturated rings. The minimum absolute atomic E-state index is 0.0385. The average Bonchev–Trinajstić information content (AvgIpc) is 2.53. The van der Waals surface area contributed by atoms with Crippen LogP contribution in [0.2, 0.25) is 0 Å². The van der Waals surface area contributed by atoms with Crippen LogP contribution in [-0.2, 0) is 7.05 Å². The minimum atomic E-state index is -0.423. The lowest BCUT2D eigenvalue weighted by atomic mass is 10.1. The Morgan fingerprint density at radius 3 is 2.93 bits per heavy atom. The zero-order chi connectivity index (χ0) is 11.0. The van der Waals surface area contributed by atoms with Gasteiger partial charge in [0.25, 0.3) is 0 Å². The van der Waals surface area contributed by atoms with E-state index in [0.29, 0.717) is 16.7 Å². The lowest BCUT2D eigenvalue weighted by molar-refractivity contribution is 0.102. The van der Waals surface area contributed by atoms with E-state index in [1.165, 1.54) is 4.57 Å². The van der Waals surface area contributed by atoms with E-state index in [1.807, 2.05) is 0 Å². The van der Waals surface area contributed by atoms with Crippen LogP contribution in [-0.4, -0.2) is 15.7 Å². The van der Waals surface area contributed by atoms with Crippen molar-refractivity contribution in [2.24, 2.45) is 7.05 Å². The smallest absolute Gasteiger partial charge is 0.408 e. The van der Waals surface area contributed by atoms with Crippen molar-refractivity contribution in [3.63, 3.8) is 0 Å². The van der Waals surface area contributed by atoms with Gasteiger partial charge in [0.2, 0.25) is 0 Å². The van der Waals surface area contributed by atoms with Crippen LogP contribution in [0.3, 0.4) is 0 Å². The summed E-state index contributed by atoms with van der Waals surface area (Å²) in [5, 5.41) is 0.259. The predicted octanol–water partition coefficient (Wildman–Crippen LogP) is 1.71. The number of nitrogens with zero attached hydrogens (tertiary/aromatic N) is 1. The number of hydrogen-bond acceptors (Lipinski definition) is 3. The van der Waals surface area contributed by atoms with Crippen molar-refractivity contribution in [1.29, 1.82) is 0 Å². The summed E-state index contributed by atoms with van der Waals surface area (Å²) < 4.78 is 6.37. The molecule has 2 aromatic rings. The second kappa shape index (κ2) is 3.66. The molecule has 0 radical (unpaired) electrons. The lowest BCUT2D eigenvalue weighted by Gasteiger charge is -1.96. The van der Waals surface area contributed by atoms with Crippen molar-refractivity contribution < 1.29 is 9.21 Å². The first kappa shape index (κ1) is 10.2. The molecule has 0 unspecified atom stereocenters. The Morgan fingerprint density at radius 2 is 2.27 bits per heavy atom. The summed E-state index contributed by atoms with van der Waals surface area (Å²) in [6, 6.07) is 4.97. The molecule has 1 heterocycles. The first-order valence-corrected chi connectivity index (χ1v) is 5.44. The number of aryl methyl sites for hydroxylation is 1. The molecule has 5 heteroatoms. The number of carbonyl (C=O) groups excluding carboxylic acids is 1. The Labute approximate surface area is 93.6 Å². The topological polar surface area (TPSA) is 52.2 Å². The van der Waals surface area contributed by atoms with Crippen LogP contribution in [0.5, 0.6) is 0 Å². The number of halogens is 1. The maximum Gasteiger partial charge on any atom is 0.419 e. The zero-order valence-electron chi connectivity index (χ0n) is 7.99. The summed E-state index contributed by atoms with van der Waals surface area (Å²) in [4.78, 5) is 22.6. The van der Waals surface area contributed by atoms with Gasteiger partial charge in [-0.1, -0.05) is 15.9 Å². The van der Waals surface area contributed by atoms with E-state index in [4.69, 9.17) is 4.42 Å². The highest BCUT2D eigenvalue weighted by Gasteiger charge is 2.09. The number of hydrogen-bond donors (Lipinski definition) is 0. The molecule has 4 nitrogen and oxygen atoms in total. The molecule has 2 rings (SSSR count). The molecule has 0 spiro atoms. The van der Waals surface area contributed by atoms with Gasteiger partial charge < -0.3 is 4.42 Å². The predicted molar refractivity (Wildman–Crippen MR) is 59.6 cm³/mol. The van der Waals surface area contributed by atoms with E-state index in [2.05, 4.69) is 15.9 Å². The van der Waals surface area contributed by atoms with Crippen molar-refractivity contribution in [1.82, 2.24) is 4.57 Å². The number of aromatic nitrogens is 1. The van der Waals surface area contributed by atoms with E-state index >= 15 is 0 Å². The fourth-order valence-electron chi connectivity index (χ4n) is 1.38. The lowest BCUT2D eigenvalue weighted by Crippen LogP contribution is -2.08. The summed E-state index contributed by atoms with van der Waals surface area (Å²) in [6.45, 7) is 0. The number of oxazole rings is 1. The van der Waals surface area contributed by atoms with Crippen LogP contribution in [0.4, 0.5) is 0 Å². The number of fused-ring (bicyclic) bond motifs is 1. The van der Waals surface area contributed by atoms with Crippen LogP contribution in [0.15, 0.2) is 27.4 Å². The van der Waals surface area contributed by atoms with Gasteiger partial charge >= 0.3 is 5.76 Å². The van der Waals surface area contributed by atoms with Crippen molar-refractivity contribution in [3.8, 4) is 0 Å². The van der Waals surface area contributed by atoms with Gasteiger partial charge in [0.15, 0.2) is 11.4 Å². The van der Waals surface area contributed by atoms with E-state index in [-0.39, 0.29) is 11.1 Å². The van der Waals surface area contributed by atoms with E-state index in [0.717, 1.165) is 0 Å². The van der Waals surface area contributed by atoms with E-state index in [1.54, 1.807) is 25.2 Å². The summed E-state index contributed by atoms with van der Waals surface area (Å²) in [5.74, 6) is -0.461. The molecule has 0 saturated carbocycles. The second-order valence-electron chi connectivity index (χ2n) is 3.17. The van der Waals surface area contributed by atoms with Crippen molar-refractivity contribution in [2.45, 2.75) is 0 Å². The van der Waals surface area contributed by atoms with Gasteiger partial charge in [0.1, 0.15) is 0 Å². The third-order valence-electron chi connectivity index (χ3n) is 2.24. The standard InChI is InChI=1S/C10H8BrNO3/c1-12-7-3-2-6(8(13)5-11)4-9(7)15-10(12)14/h2-4H,5H2,1H3. The molecule has 0 bridgehead atoms. The van der Waals surface area contributed by atoms with Crippen LogP contribution in [0.25, 0.3) is 11.1 Å². The van der Waals surface area contributed by atoms with Gasteiger partial charge in [0, 0.05) is 12.6 Å². The highest BCUT2D eigenvalue weighted by Crippen LogP contribution is 2.15. The van der Waals surface area contributed by atoms with Crippen molar-refractivity contribution in [3.05, 3.63) is 34.3 Å². The Kier molecular flexibility index (Phi) is 2.48. The highest BCUT2D eigenvalue weighted by atomic mass is 79.9. The molecule has 1 aromatic heterocycles. The van der Waals surface area contributed by atoms with Crippen LogP contribution >= 0.6 is 15.9 Å². The fraction of sp³-hybridized carbons (Fsp3) is 0.200. The molecule has 0 aliphatic heterocycles. The third-order valence-corrected chi connectivity index (χ3v) is 2.74. The van der Waals surface area contributed by atoms with Crippen molar-refractivity contribution >= 4 is 32.8 Å². The van der Waals surface area contributed by atoms with Crippen LogP contribution in [0.1, 0.15) is 10.4 Å². The van der Waals surface area contributed by atoms with Gasteiger partial charge in [-0.15, -0.1) is 0 Å². The molecule has 0 aliphatic rings. The molecule has 78 valence electrons. The monoisotopic (exact) mass is 269 g/mol. The second-order valence-corrected chi connectivity index (χ2v) is 3.73. The van der Waals surface area contributed by atoms with Gasteiger partial charge in [-0.05, 0) is 18.2 Å². The Bertz CT molecular complexity index is 582. The average molecular weight is 270 g/mol. The number of ketones is 1. The number of rotatable bonds is 2. The number of alkyl halides is 1. The van der Waals surface area contributed by atoms with Crippen LogP contribution in [0, 0.1) is 0 Å². The number of Topliss-reactive ketones (excluding diaryl/α,β-unsaturated/α-hetero) is 1. The first-order chi connectivity index (χ1) is 7.13. The largest absolute Gasteiger partial charge is 0.419 e. The quantitative estimate of drug-likeness (QED) is 0.616. The summed E-state index contributed by atoms with van der Waals surface area (Å²) in [6.07, 6.45) is 0. The molecular weight excluding hydrogens is 262 g/mol. The maximum absolute atomic E-state index is 11.4. The fourth-order valence-corrected chi connectivity index (χ4v) is 1.71. The molecule has 0 aliphatic carbocycles.